The van der Waals surface area contributed by atoms with Crippen LogP contribution in [-0.2, 0) is 33.4 Å². The minimum atomic E-state index is -1.02. The molecule has 0 aromatic rings. The lowest BCUT2D eigenvalue weighted by molar-refractivity contribution is -0.143. The summed E-state index contributed by atoms with van der Waals surface area (Å²) >= 11 is 0. The molecule has 0 unspecified atom stereocenters. The zero-order valence-corrected chi connectivity index (χ0v) is 23.0. The Morgan fingerprint density at radius 1 is 0.632 bits per heavy atom. The Hall–Kier alpha value is -2.53. The molecule has 11 nitrogen and oxygen atoms in total. The van der Waals surface area contributed by atoms with E-state index in [0.717, 1.165) is 32.0 Å². The van der Waals surface area contributed by atoms with Crippen LogP contribution in [0, 0.1) is 0 Å². The zero-order chi connectivity index (χ0) is 28.7. The van der Waals surface area contributed by atoms with Crippen molar-refractivity contribution in [1.29, 1.82) is 0 Å². The number of nitrogens with two attached hydrogens (primary N) is 1. The molecule has 0 aliphatic carbocycles. The van der Waals surface area contributed by atoms with Crippen molar-refractivity contribution in [3.05, 3.63) is 0 Å². The van der Waals surface area contributed by atoms with Crippen LogP contribution in [0.3, 0.4) is 0 Å². The predicted octanol–water partition coefficient (Wildman–Crippen LogP) is 3.61. The molecule has 0 bridgehead atoms. The smallest absolute Gasteiger partial charge is 0.329 e. The molecule has 38 heavy (non-hydrogen) atoms. The van der Waals surface area contributed by atoms with Gasteiger partial charge < -0.3 is 35.5 Å². The molecule has 0 aliphatic rings. The third-order valence-corrected chi connectivity index (χ3v) is 5.46. The van der Waals surface area contributed by atoms with E-state index in [1.54, 1.807) is 0 Å². The fourth-order valence-corrected chi connectivity index (χ4v) is 3.42. The predicted molar refractivity (Wildman–Crippen MR) is 144 cm³/mol. The molecule has 0 rings (SSSR count). The van der Waals surface area contributed by atoms with Crippen molar-refractivity contribution in [2.75, 3.05) is 33.0 Å². The van der Waals surface area contributed by atoms with Gasteiger partial charge in [-0.1, -0.05) is 64.2 Å². The summed E-state index contributed by atoms with van der Waals surface area (Å²) in [5.41, 5.74) is 5.08. The molecule has 0 spiro atoms. The third kappa shape index (κ3) is 38.0. The summed E-state index contributed by atoms with van der Waals surface area (Å²) in [6.45, 7) is 0.888. The van der Waals surface area contributed by atoms with Crippen molar-refractivity contribution in [1.82, 2.24) is 5.32 Å². The Labute approximate surface area is 227 Å². The van der Waals surface area contributed by atoms with E-state index in [1.165, 1.54) is 51.4 Å². The van der Waals surface area contributed by atoms with Crippen molar-refractivity contribution in [2.24, 2.45) is 5.73 Å². The lowest BCUT2D eigenvalue weighted by Gasteiger charge is -2.06. The summed E-state index contributed by atoms with van der Waals surface area (Å²) in [5.74, 6) is -1.99. The Morgan fingerprint density at radius 2 is 1.13 bits per heavy atom. The maximum absolute atomic E-state index is 11.2. The van der Waals surface area contributed by atoms with E-state index in [1.807, 2.05) is 0 Å². The molecule has 0 aromatic carbocycles. The Bertz CT molecular complexity index is 589. The molecule has 0 atom stereocenters. The standard InChI is InChI=1S/C16H31NO3.C11H19NO6/c17-15(18)13-11-9-7-5-3-1-2-4-6-8-10-12-14-16(19)20;13-5-2-1-3-10(14)12-4-6-17-7-8-18-9-11(15)16/h1-14H2,(H2,17,18)(H,19,20);5H,1-4,6-9H2,(H,12,14)(H,15,16). The summed E-state index contributed by atoms with van der Waals surface area (Å²) in [7, 11) is 0. The third-order valence-electron chi connectivity index (χ3n) is 5.46. The van der Waals surface area contributed by atoms with Gasteiger partial charge in [0.15, 0.2) is 0 Å². The highest BCUT2D eigenvalue weighted by Gasteiger charge is 2.00. The first-order chi connectivity index (χ1) is 18.3. The summed E-state index contributed by atoms with van der Waals surface area (Å²) in [4.78, 5) is 52.1. The number of amides is 2. The van der Waals surface area contributed by atoms with E-state index in [-0.39, 0.29) is 31.6 Å². The molecule has 222 valence electrons. The number of aldehydes is 1. The van der Waals surface area contributed by atoms with Gasteiger partial charge in [-0.15, -0.1) is 0 Å². The lowest BCUT2D eigenvalue weighted by atomic mass is 10.0. The number of aliphatic carboxylic acids is 2. The monoisotopic (exact) mass is 546 g/mol. The number of carboxylic acids is 2. The van der Waals surface area contributed by atoms with Crippen LogP contribution in [-0.4, -0.2) is 73.2 Å². The molecule has 0 saturated carbocycles. The molecule has 11 heteroatoms. The van der Waals surface area contributed by atoms with Crippen molar-refractivity contribution in [2.45, 2.75) is 109 Å². The first-order valence-corrected chi connectivity index (χ1v) is 13.9. The fourth-order valence-electron chi connectivity index (χ4n) is 3.42. The second kappa shape index (κ2) is 30.7. The van der Waals surface area contributed by atoms with E-state index in [9.17, 15) is 24.0 Å². The van der Waals surface area contributed by atoms with E-state index < -0.39 is 11.9 Å². The molecular formula is C27H50N2O9. The fraction of sp³-hybridized carbons (Fsp3) is 0.815. The van der Waals surface area contributed by atoms with Gasteiger partial charge in [0.2, 0.25) is 11.8 Å². The number of nitrogens with one attached hydrogen (secondary N) is 1. The number of carbonyl (C=O) groups is 5. The highest BCUT2D eigenvalue weighted by molar-refractivity contribution is 5.76. The van der Waals surface area contributed by atoms with Gasteiger partial charge in [-0.05, 0) is 19.3 Å². The van der Waals surface area contributed by atoms with Gasteiger partial charge in [0, 0.05) is 32.2 Å². The first kappa shape index (κ1) is 37.6. The van der Waals surface area contributed by atoms with Crippen LogP contribution in [0.5, 0.6) is 0 Å². The van der Waals surface area contributed by atoms with Gasteiger partial charge in [0.1, 0.15) is 12.9 Å². The van der Waals surface area contributed by atoms with Gasteiger partial charge in [0.05, 0.1) is 19.8 Å². The molecular weight excluding hydrogens is 496 g/mol. The Balaban J connectivity index is 0. The molecule has 5 N–H and O–H groups in total. The summed E-state index contributed by atoms with van der Waals surface area (Å²) in [5, 5.41) is 19.4. The Kier molecular flexibility index (Phi) is 30.4. The van der Waals surface area contributed by atoms with Crippen LogP contribution in [0.15, 0.2) is 0 Å². The quantitative estimate of drug-likeness (QED) is 0.0883. The van der Waals surface area contributed by atoms with Crippen molar-refractivity contribution < 1.29 is 43.7 Å². The number of ether oxygens (including phenoxy) is 2. The largest absolute Gasteiger partial charge is 0.481 e. The number of hydrogen-bond donors (Lipinski definition) is 4. The topological polar surface area (TPSA) is 182 Å². The van der Waals surface area contributed by atoms with E-state index in [2.05, 4.69) is 5.32 Å². The van der Waals surface area contributed by atoms with E-state index >= 15 is 0 Å². The second-order valence-corrected chi connectivity index (χ2v) is 9.07. The van der Waals surface area contributed by atoms with Crippen LogP contribution in [0.25, 0.3) is 0 Å². The molecule has 0 saturated heterocycles. The van der Waals surface area contributed by atoms with Crippen LogP contribution in [0.4, 0.5) is 0 Å². The molecule has 0 fully saturated rings. The van der Waals surface area contributed by atoms with Gasteiger partial charge in [-0.3, -0.25) is 14.4 Å². The maximum atomic E-state index is 11.2. The van der Waals surface area contributed by atoms with E-state index in [4.69, 9.17) is 25.4 Å². The summed E-state index contributed by atoms with van der Waals surface area (Å²) in [6, 6.07) is 0. The van der Waals surface area contributed by atoms with Gasteiger partial charge in [-0.25, -0.2) is 4.79 Å². The number of rotatable bonds is 27. The normalized spacial score (nSPS) is 10.3. The second-order valence-electron chi connectivity index (χ2n) is 9.07. The number of carboxylic acid groups (broad SMARTS) is 2. The van der Waals surface area contributed by atoms with Crippen molar-refractivity contribution in [3.8, 4) is 0 Å². The van der Waals surface area contributed by atoms with E-state index in [0.29, 0.717) is 45.3 Å². The zero-order valence-electron chi connectivity index (χ0n) is 23.0. The van der Waals surface area contributed by atoms with Gasteiger partial charge >= 0.3 is 11.9 Å². The highest BCUT2D eigenvalue weighted by atomic mass is 16.5. The minimum absolute atomic E-state index is 0.109. The van der Waals surface area contributed by atoms with Crippen LogP contribution in [0.1, 0.15) is 109 Å². The summed E-state index contributed by atoms with van der Waals surface area (Å²) in [6.07, 6.45) is 16.9. The van der Waals surface area contributed by atoms with Crippen LogP contribution >= 0.6 is 0 Å². The number of carbonyl (C=O) groups excluding carboxylic acids is 3. The maximum Gasteiger partial charge on any atom is 0.329 e. The molecule has 0 radical (unpaired) electrons. The molecule has 0 heterocycles. The molecule has 2 amide bonds. The van der Waals surface area contributed by atoms with Crippen molar-refractivity contribution >= 4 is 30.0 Å². The highest BCUT2D eigenvalue weighted by Crippen LogP contribution is 2.12. The van der Waals surface area contributed by atoms with Crippen LogP contribution < -0.4 is 11.1 Å². The average molecular weight is 547 g/mol. The minimum Gasteiger partial charge on any atom is -0.481 e. The van der Waals surface area contributed by atoms with Crippen LogP contribution in [0.2, 0.25) is 0 Å². The SMILES string of the molecule is NC(=O)CCCCCCCCCCCCCCC(=O)O.O=CCCCC(=O)NCCOCCOCC(=O)O. The number of unbranched alkanes of at least 4 members (excludes halogenated alkanes) is 12. The van der Waals surface area contributed by atoms with Gasteiger partial charge in [-0.2, -0.15) is 0 Å². The first-order valence-electron chi connectivity index (χ1n) is 13.9. The number of hydrogen-bond acceptors (Lipinski definition) is 7. The Morgan fingerprint density at radius 3 is 1.61 bits per heavy atom. The van der Waals surface area contributed by atoms with Crippen molar-refractivity contribution in [3.63, 3.8) is 0 Å². The molecule has 0 aliphatic heterocycles. The van der Waals surface area contributed by atoms with Gasteiger partial charge in [0.25, 0.3) is 0 Å². The average Bonchev–Trinajstić information content (AvgIpc) is 2.86. The summed E-state index contributed by atoms with van der Waals surface area (Å²) < 4.78 is 9.85. The number of primary amides is 1. The lowest BCUT2D eigenvalue weighted by Crippen LogP contribution is -2.27. The molecule has 0 aromatic heterocycles.